The molecule has 29 aromatic rings. The fraction of sp³-hybridized carbons (Fsp3) is 0. The largest absolute Gasteiger partial charge is 0.227 e. The SMILES string of the molecule is c1ccc(-c2c3ccccc3c(-c3cccc(-c4cccc(-c5nc(-c6ccccc6)c6c(n5)sc5ccccc56)c4)c3)c3ccccc23)cc1.c1ccc(-c2cccc(-c3nc(-c4cccc(-c5cccc(-c6cc7ccccc7c7ccccc67)c5)c4)nc4sc5ccccc5c34)c2)cc1.c1ccc(-c2nc(-c3cccc(-c4cccc(-c5cc6ccccc6c6ccccc56)c4)c3)nc3sc4ccccc4c23)cc1. The van der Waals surface area contributed by atoms with Gasteiger partial charge >= 0.3 is 0 Å². The predicted molar refractivity (Wildman–Crippen MR) is 626 cm³/mol. The van der Waals surface area contributed by atoms with Crippen molar-refractivity contribution in [2.75, 3.05) is 0 Å². The maximum atomic E-state index is 5.36. The second kappa shape index (κ2) is 37.8. The summed E-state index contributed by atoms with van der Waals surface area (Å²) in [6, 6.07) is 186. The fourth-order valence-corrected chi connectivity index (χ4v) is 24.8. The Morgan fingerprint density at radius 2 is 0.354 bits per heavy atom. The predicted octanol–water partition coefficient (Wildman–Crippen LogP) is 38.8. The van der Waals surface area contributed by atoms with E-state index in [4.69, 9.17) is 29.9 Å². The molecule has 0 atom stereocenters. The van der Waals surface area contributed by atoms with Gasteiger partial charge in [0, 0.05) is 79.8 Å². The normalized spacial score (nSPS) is 11.5. The zero-order valence-corrected chi connectivity index (χ0v) is 82.0. The van der Waals surface area contributed by atoms with E-state index in [1.807, 2.05) is 6.07 Å². The van der Waals surface area contributed by atoms with Crippen molar-refractivity contribution in [1.82, 2.24) is 29.9 Å². The van der Waals surface area contributed by atoms with Crippen LogP contribution in [0.15, 0.2) is 522 Å². The van der Waals surface area contributed by atoms with Crippen molar-refractivity contribution >= 4 is 160 Å². The van der Waals surface area contributed by atoms with Gasteiger partial charge in [-0.3, -0.25) is 0 Å². The van der Waals surface area contributed by atoms with E-state index in [1.165, 1.54) is 151 Å². The standard InChI is InChI=1S/2C48H30N2S.C42H26N2S/c1-3-15-31(16-4-1)43-37-23-7-9-25-39(37)44(40-26-10-8-24-38(40)43)35-21-13-19-33(29-35)34-20-14-22-36(30-34)47-49-46(32-17-5-2-6-18-32)45-41-27-11-12-28-42(41)51-48(45)50-47;1-2-13-31(14-3-1)32-16-11-20-37(28-32)46-45-42-25-8-9-26-44(42)51-48(45)50-47(49-46)38-21-12-18-34(29-38)33-17-10-19-35(27-33)43-30-36-15-4-5-22-39(36)40-23-6-7-24-41(40)43;1-2-12-27(13-3-1)40-39-36-22-8-9-23-38(36)45-42(39)44-41(43-40)32-18-11-16-29(25-32)28-15-10-17-30(24-28)37-26-31-14-4-5-19-33(31)34-20-6-7-21-35(34)37/h2*1-30H;1-26H. The minimum absolute atomic E-state index is 0.729. The van der Waals surface area contributed by atoms with Crippen LogP contribution in [0.3, 0.4) is 0 Å². The van der Waals surface area contributed by atoms with E-state index in [-0.39, 0.29) is 0 Å². The molecule has 0 aliphatic rings. The quantitative estimate of drug-likeness (QED) is 0.0797. The van der Waals surface area contributed by atoms with E-state index in [0.717, 1.165) is 132 Å². The van der Waals surface area contributed by atoms with Crippen molar-refractivity contribution in [3.05, 3.63) is 522 Å². The number of thiophene rings is 3. The minimum atomic E-state index is 0.729. The molecule has 686 valence electrons. The number of nitrogens with zero attached hydrogens (tertiary/aromatic N) is 6. The summed E-state index contributed by atoms with van der Waals surface area (Å²) in [5.74, 6) is 2.21. The highest BCUT2D eigenvalue weighted by Crippen LogP contribution is 2.50. The molecule has 0 radical (unpaired) electrons. The molecule has 6 aromatic heterocycles. The van der Waals surface area contributed by atoms with E-state index in [0.29, 0.717) is 0 Å². The second-order valence-electron chi connectivity index (χ2n) is 37.3. The highest BCUT2D eigenvalue weighted by molar-refractivity contribution is 7.26. The molecule has 0 saturated heterocycles. The number of hydrogen-bond donors (Lipinski definition) is 0. The number of aromatic nitrogens is 6. The maximum Gasteiger partial charge on any atom is 0.161 e. The summed E-state index contributed by atoms with van der Waals surface area (Å²) in [5, 5.41) is 22.1. The first-order valence-corrected chi connectivity index (χ1v) is 52.1. The summed E-state index contributed by atoms with van der Waals surface area (Å²) < 4.78 is 3.66. The van der Waals surface area contributed by atoms with Gasteiger partial charge in [-0.1, -0.05) is 449 Å². The lowest BCUT2D eigenvalue weighted by atomic mass is 9.85. The third-order valence-electron chi connectivity index (χ3n) is 28.4. The smallest absolute Gasteiger partial charge is 0.161 e. The van der Waals surface area contributed by atoms with Crippen LogP contribution in [0.4, 0.5) is 0 Å². The van der Waals surface area contributed by atoms with Gasteiger partial charge < -0.3 is 0 Å². The number of fused-ring (bicyclic) bond motifs is 17. The summed E-state index contributed by atoms with van der Waals surface area (Å²) in [4.78, 5) is 34.4. The highest BCUT2D eigenvalue weighted by atomic mass is 32.1. The molecule has 29 rings (SSSR count). The van der Waals surface area contributed by atoms with Gasteiger partial charge in [-0.25, -0.2) is 29.9 Å². The Hall–Kier alpha value is -18.5. The van der Waals surface area contributed by atoms with E-state index in [2.05, 4.69) is 516 Å². The molecular formula is C138H86N6S3. The third kappa shape index (κ3) is 16.4. The lowest BCUT2D eigenvalue weighted by Crippen LogP contribution is -1.94. The molecule has 0 amide bonds. The van der Waals surface area contributed by atoms with E-state index >= 15 is 0 Å². The average Bonchev–Trinajstić information content (AvgIpc) is 1.42. The third-order valence-corrected chi connectivity index (χ3v) is 31.6. The van der Waals surface area contributed by atoms with Crippen LogP contribution in [-0.4, -0.2) is 29.9 Å². The van der Waals surface area contributed by atoms with Crippen molar-refractivity contribution in [2.45, 2.75) is 0 Å². The zero-order valence-electron chi connectivity index (χ0n) is 79.6. The van der Waals surface area contributed by atoms with E-state index in [1.54, 1.807) is 34.0 Å². The van der Waals surface area contributed by atoms with Crippen molar-refractivity contribution in [3.8, 4) is 157 Å². The van der Waals surface area contributed by atoms with Gasteiger partial charge in [0.25, 0.3) is 0 Å². The highest BCUT2D eigenvalue weighted by Gasteiger charge is 2.25. The summed E-state index contributed by atoms with van der Waals surface area (Å²) in [5.41, 5.74) is 28.2. The van der Waals surface area contributed by atoms with Crippen molar-refractivity contribution in [2.24, 2.45) is 0 Å². The van der Waals surface area contributed by atoms with Gasteiger partial charge in [0.2, 0.25) is 0 Å². The molecule has 0 aliphatic carbocycles. The van der Waals surface area contributed by atoms with Crippen LogP contribution in [-0.2, 0) is 0 Å². The van der Waals surface area contributed by atoms with Crippen molar-refractivity contribution in [3.63, 3.8) is 0 Å². The fourth-order valence-electron chi connectivity index (χ4n) is 21.6. The first-order valence-electron chi connectivity index (χ1n) is 49.7. The summed E-state index contributed by atoms with van der Waals surface area (Å²) in [6.45, 7) is 0. The van der Waals surface area contributed by atoms with E-state index < -0.39 is 0 Å². The second-order valence-corrected chi connectivity index (χ2v) is 40.4. The van der Waals surface area contributed by atoms with Crippen molar-refractivity contribution in [1.29, 1.82) is 0 Å². The molecule has 0 saturated carbocycles. The van der Waals surface area contributed by atoms with Gasteiger partial charge in [-0.2, -0.15) is 0 Å². The first-order chi connectivity index (χ1) is 72.9. The Kier molecular flexibility index (Phi) is 22.5. The van der Waals surface area contributed by atoms with Crippen LogP contribution < -0.4 is 0 Å². The molecule has 0 aliphatic heterocycles. The molecular weight excluding hydrogens is 1840 g/mol. The first kappa shape index (κ1) is 87.5. The Morgan fingerprint density at radius 3 is 0.714 bits per heavy atom. The van der Waals surface area contributed by atoms with E-state index in [9.17, 15) is 0 Å². The van der Waals surface area contributed by atoms with Gasteiger partial charge in [-0.15, -0.1) is 34.0 Å². The Balaban J connectivity index is 0.000000109. The van der Waals surface area contributed by atoms with Crippen LogP contribution in [0, 0.1) is 0 Å². The molecule has 23 aromatic carbocycles. The van der Waals surface area contributed by atoms with Crippen LogP contribution in [0.5, 0.6) is 0 Å². The van der Waals surface area contributed by atoms with Crippen molar-refractivity contribution < 1.29 is 0 Å². The summed E-state index contributed by atoms with van der Waals surface area (Å²) in [7, 11) is 0. The van der Waals surface area contributed by atoms with Gasteiger partial charge in [0.1, 0.15) is 14.5 Å². The summed E-state index contributed by atoms with van der Waals surface area (Å²) in [6.07, 6.45) is 0. The topological polar surface area (TPSA) is 77.3 Å². The Bertz CT molecular complexity index is 10200. The summed E-state index contributed by atoms with van der Waals surface area (Å²) >= 11 is 5.19. The van der Waals surface area contributed by atoms with Crippen LogP contribution >= 0.6 is 34.0 Å². The minimum Gasteiger partial charge on any atom is -0.227 e. The van der Waals surface area contributed by atoms with Gasteiger partial charge in [-0.05, 0) is 226 Å². The molecule has 0 spiro atoms. The van der Waals surface area contributed by atoms with Gasteiger partial charge in [0.05, 0.1) is 17.1 Å². The Labute approximate surface area is 861 Å². The zero-order chi connectivity index (χ0) is 97.2. The molecule has 0 unspecified atom stereocenters. The Morgan fingerprint density at radius 1 is 0.129 bits per heavy atom. The van der Waals surface area contributed by atoms with Crippen LogP contribution in [0.2, 0.25) is 0 Å². The molecule has 147 heavy (non-hydrogen) atoms. The lowest BCUT2D eigenvalue weighted by molar-refractivity contribution is 1.24. The molecule has 0 fully saturated rings. The van der Waals surface area contributed by atoms with Crippen LogP contribution in [0.1, 0.15) is 0 Å². The van der Waals surface area contributed by atoms with Gasteiger partial charge in [0.15, 0.2) is 17.5 Å². The van der Waals surface area contributed by atoms with Crippen LogP contribution in [0.25, 0.3) is 282 Å². The molecule has 6 heterocycles. The molecule has 0 bridgehead atoms. The monoisotopic (exact) mass is 1920 g/mol. The average molecular weight is 1920 g/mol. The number of benzene rings is 23. The lowest BCUT2D eigenvalue weighted by Gasteiger charge is -2.18. The number of rotatable bonds is 14. The number of hydrogen-bond acceptors (Lipinski definition) is 9. The molecule has 9 heteroatoms. The molecule has 6 nitrogen and oxygen atoms in total. The molecule has 0 N–H and O–H groups in total. The maximum absolute atomic E-state index is 5.36.